The number of aromatic hydroxyl groups is 1. The Labute approximate surface area is 106 Å². The highest BCUT2D eigenvalue weighted by Gasteiger charge is 2.14. The summed E-state index contributed by atoms with van der Waals surface area (Å²) in [5.41, 5.74) is 1.98. The summed E-state index contributed by atoms with van der Waals surface area (Å²) < 4.78 is 0. The molecule has 0 radical (unpaired) electrons. The van der Waals surface area contributed by atoms with Gasteiger partial charge in [-0.15, -0.1) is 0 Å². The Morgan fingerprint density at radius 2 is 1.50 bits per heavy atom. The van der Waals surface area contributed by atoms with Crippen LogP contribution in [-0.2, 0) is 0 Å². The number of nitrogens with zero attached hydrogens (tertiary/aromatic N) is 3. The van der Waals surface area contributed by atoms with E-state index in [9.17, 15) is 5.11 Å². The number of phenolic OH excluding ortho intramolecular Hbond substituents is 1. The van der Waals surface area contributed by atoms with Gasteiger partial charge in [-0.05, 0) is 30.5 Å². The van der Waals surface area contributed by atoms with Crippen molar-refractivity contribution in [1.29, 1.82) is 0 Å². The number of phenols is 1. The summed E-state index contributed by atoms with van der Waals surface area (Å²) in [4.78, 5) is 11.0. The first-order valence-corrected chi connectivity index (χ1v) is 6.19. The molecule has 0 atom stereocenters. The highest BCUT2D eigenvalue weighted by atomic mass is 16.3. The maximum absolute atomic E-state index is 9.25. The quantitative estimate of drug-likeness (QED) is 0.877. The van der Waals surface area contributed by atoms with Crippen LogP contribution in [0.3, 0.4) is 0 Å². The Balaban J connectivity index is 1.84. The maximum atomic E-state index is 9.25. The average Bonchev–Trinajstić information content (AvgIpc) is 2.94. The van der Waals surface area contributed by atoms with E-state index in [1.165, 1.54) is 12.8 Å². The predicted molar refractivity (Wildman–Crippen MR) is 70.6 cm³/mol. The minimum absolute atomic E-state index is 0.272. The number of hydrogen-bond donors (Lipinski definition) is 1. The van der Waals surface area contributed by atoms with Gasteiger partial charge in [0.15, 0.2) is 0 Å². The van der Waals surface area contributed by atoms with Crippen LogP contribution in [0.4, 0.5) is 5.95 Å². The second kappa shape index (κ2) is 4.64. The zero-order valence-electron chi connectivity index (χ0n) is 10.1. The third-order valence-electron chi connectivity index (χ3n) is 3.23. The summed E-state index contributed by atoms with van der Waals surface area (Å²) in [5.74, 6) is 1.09. The number of hydrogen-bond acceptors (Lipinski definition) is 4. The van der Waals surface area contributed by atoms with Gasteiger partial charge in [-0.25, -0.2) is 9.97 Å². The number of aromatic nitrogens is 2. The minimum Gasteiger partial charge on any atom is -0.508 e. The van der Waals surface area contributed by atoms with E-state index in [4.69, 9.17) is 0 Å². The second-order valence-electron chi connectivity index (χ2n) is 4.51. The minimum atomic E-state index is 0.272. The van der Waals surface area contributed by atoms with Crippen molar-refractivity contribution < 1.29 is 5.11 Å². The first-order valence-electron chi connectivity index (χ1n) is 6.19. The first-order chi connectivity index (χ1) is 8.83. The first kappa shape index (κ1) is 11.0. The molecule has 3 rings (SSSR count). The molecule has 0 spiro atoms. The van der Waals surface area contributed by atoms with Crippen molar-refractivity contribution in [1.82, 2.24) is 9.97 Å². The smallest absolute Gasteiger partial charge is 0.225 e. The molecular formula is C14H15N3O. The molecule has 18 heavy (non-hydrogen) atoms. The lowest BCUT2D eigenvalue weighted by molar-refractivity contribution is 0.475. The van der Waals surface area contributed by atoms with E-state index in [2.05, 4.69) is 14.9 Å². The van der Waals surface area contributed by atoms with Gasteiger partial charge in [-0.3, -0.25) is 0 Å². The largest absolute Gasteiger partial charge is 0.508 e. The van der Waals surface area contributed by atoms with Crippen LogP contribution >= 0.6 is 0 Å². The Morgan fingerprint density at radius 3 is 2.11 bits per heavy atom. The van der Waals surface area contributed by atoms with Gasteiger partial charge in [0.05, 0.1) is 0 Å². The van der Waals surface area contributed by atoms with Gasteiger partial charge in [-0.2, -0.15) is 0 Å². The zero-order valence-corrected chi connectivity index (χ0v) is 10.1. The van der Waals surface area contributed by atoms with Gasteiger partial charge in [0.1, 0.15) is 5.75 Å². The van der Waals surface area contributed by atoms with Gasteiger partial charge < -0.3 is 10.0 Å². The topological polar surface area (TPSA) is 49.3 Å². The average molecular weight is 241 g/mol. The van der Waals surface area contributed by atoms with Crippen LogP contribution in [0.5, 0.6) is 5.75 Å². The summed E-state index contributed by atoms with van der Waals surface area (Å²) in [7, 11) is 0. The molecule has 1 aliphatic heterocycles. The van der Waals surface area contributed by atoms with E-state index in [-0.39, 0.29) is 5.75 Å². The lowest BCUT2D eigenvalue weighted by Gasteiger charge is -2.14. The van der Waals surface area contributed by atoms with Gasteiger partial charge >= 0.3 is 0 Å². The number of rotatable bonds is 2. The molecule has 0 aliphatic carbocycles. The van der Waals surface area contributed by atoms with Crippen molar-refractivity contribution >= 4 is 5.95 Å². The molecule has 1 aromatic heterocycles. The molecule has 0 unspecified atom stereocenters. The van der Waals surface area contributed by atoms with Crippen molar-refractivity contribution in [2.24, 2.45) is 0 Å². The fourth-order valence-electron chi connectivity index (χ4n) is 2.20. The van der Waals surface area contributed by atoms with Crippen molar-refractivity contribution in [3.8, 4) is 16.9 Å². The van der Waals surface area contributed by atoms with Crippen LogP contribution in [0.25, 0.3) is 11.1 Å². The molecule has 4 nitrogen and oxygen atoms in total. The molecule has 0 saturated carbocycles. The van der Waals surface area contributed by atoms with Crippen molar-refractivity contribution in [3.05, 3.63) is 36.7 Å². The van der Waals surface area contributed by atoms with Gasteiger partial charge in [0, 0.05) is 31.0 Å². The molecule has 0 amide bonds. The van der Waals surface area contributed by atoms with Gasteiger partial charge in [0.25, 0.3) is 0 Å². The second-order valence-corrected chi connectivity index (χ2v) is 4.51. The summed E-state index contributed by atoms with van der Waals surface area (Å²) in [6.45, 7) is 2.11. The Bertz CT molecular complexity index is 516. The summed E-state index contributed by atoms with van der Waals surface area (Å²) in [5, 5.41) is 9.25. The molecule has 92 valence electrons. The molecule has 0 bridgehead atoms. The zero-order chi connectivity index (χ0) is 12.4. The van der Waals surface area contributed by atoms with Crippen LogP contribution in [0.15, 0.2) is 36.7 Å². The molecule has 2 aromatic rings. The summed E-state index contributed by atoms with van der Waals surface area (Å²) >= 11 is 0. The lowest BCUT2D eigenvalue weighted by Crippen LogP contribution is -2.20. The van der Waals surface area contributed by atoms with E-state index in [1.54, 1.807) is 12.1 Å². The normalized spacial score (nSPS) is 15.0. The standard InChI is InChI=1S/C14H15N3O/c18-13-5-3-11(4-6-13)12-9-15-14(16-10-12)17-7-1-2-8-17/h3-6,9-10,18H,1-2,7-8H2. The van der Waals surface area contributed by atoms with Gasteiger partial charge in [0.2, 0.25) is 5.95 Å². The molecule has 1 N–H and O–H groups in total. The molecule has 1 saturated heterocycles. The highest BCUT2D eigenvalue weighted by Crippen LogP contribution is 2.22. The monoisotopic (exact) mass is 241 g/mol. The molecule has 4 heteroatoms. The van der Waals surface area contributed by atoms with E-state index < -0.39 is 0 Å². The van der Waals surface area contributed by atoms with Crippen molar-refractivity contribution in [2.75, 3.05) is 18.0 Å². The number of anilines is 1. The third-order valence-corrected chi connectivity index (χ3v) is 3.23. The van der Waals surface area contributed by atoms with E-state index in [0.717, 1.165) is 30.2 Å². The lowest BCUT2D eigenvalue weighted by atomic mass is 10.1. The van der Waals surface area contributed by atoms with E-state index >= 15 is 0 Å². The Morgan fingerprint density at radius 1 is 0.889 bits per heavy atom. The summed E-state index contributed by atoms with van der Waals surface area (Å²) in [6, 6.07) is 7.07. The molecular weight excluding hydrogens is 226 g/mol. The van der Waals surface area contributed by atoms with Crippen LogP contribution in [0, 0.1) is 0 Å². The van der Waals surface area contributed by atoms with E-state index in [1.807, 2.05) is 24.5 Å². The van der Waals surface area contributed by atoms with Crippen LogP contribution < -0.4 is 4.90 Å². The maximum Gasteiger partial charge on any atom is 0.225 e. The van der Waals surface area contributed by atoms with Crippen LogP contribution in [-0.4, -0.2) is 28.2 Å². The fraction of sp³-hybridized carbons (Fsp3) is 0.286. The SMILES string of the molecule is Oc1ccc(-c2cnc(N3CCCC3)nc2)cc1. The summed E-state index contributed by atoms with van der Waals surface area (Å²) in [6.07, 6.45) is 6.13. The van der Waals surface area contributed by atoms with Crippen molar-refractivity contribution in [2.45, 2.75) is 12.8 Å². The van der Waals surface area contributed by atoms with Crippen LogP contribution in [0.1, 0.15) is 12.8 Å². The van der Waals surface area contributed by atoms with Gasteiger partial charge in [-0.1, -0.05) is 12.1 Å². The predicted octanol–water partition coefficient (Wildman–Crippen LogP) is 2.45. The fourth-order valence-corrected chi connectivity index (χ4v) is 2.20. The Kier molecular flexibility index (Phi) is 2.84. The number of benzene rings is 1. The van der Waals surface area contributed by atoms with E-state index in [0.29, 0.717) is 0 Å². The molecule has 1 aromatic carbocycles. The molecule has 2 heterocycles. The molecule has 1 fully saturated rings. The van der Waals surface area contributed by atoms with Crippen molar-refractivity contribution in [3.63, 3.8) is 0 Å². The molecule has 1 aliphatic rings. The van der Waals surface area contributed by atoms with Crippen LogP contribution in [0.2, 0.25) is 0 Å². The highest BCUT2D eigenvalue weighted by molar-refractivity contribution is 5.62. The Hall–Kier alpha value is -2.10. The third kappa shape index (κ3) is 2.14.